The summed E-state index contributed by atoms with van der Waals surface area (Å²) < 4.78 is 2.22. The Morgan fingerprint density at radius 3 is 2.69 bits per heavy atom. The molecule has 9 heteroatoms. The normalized spacial score (nSPS) is 17.2. The number of hydrogen-bond donors (Lipinski definition) is 2. The van der Waals surface area contributed by atoms with E-state index in [9.17, 15) is 4.79 Å². The number of likely N-dealkylation sites (tertiary alicyclic amines) is 1. The van der Waals surface area contributed by atoms with Crippen LogP contribution in [0.1, 0.15) is 57.4 Å². The number of aromatic nitrogens is 5. The highest BCUT2D eigenvalue weighted by Crippen LogP contribution is 2.32. The molecule has 0 bridgehead atoms. The molecule has 0 atom stereocenters. The van der Waals surface area contributed by atoms with Gasteiger partial charge in [-0.3, -0.25) is 9.78 Å². The molecule has 9 nitrogen and oxygen atoms in total. The van der Waals surface area contributed by atoms with Crippen molar-refractivity contribution in [2.24, 2.45) is 0 Å². The molecular weight excluding hydrogens is 404 g/mol. The lowest BCUT2D eigenvalue weighted by Crippen LogP contribution is -2.27. The highest BCUT2D eigenvalue weighted by Gasteiger charge is 2.22. The fraction of sp³-hybridized carbons (Fsp3) is 0.522. The van der Waals surface area contributed by atoms with Crippen LogP contribution in [0.25, 0.3) is 11.2 Å². The summed E-state index contributed by atoms with van der Waals surface area (Å²) in [7, 11) is 0. The third kappa shape index (κ3) is 4.51. The first-order valence-electron chi connectivity index (χ1n) is 11.7. The maximum absolute atomic E-state index is 11.8. The molecule has 32 heavy (non-hydrogen) atoms. The van der Waals surface area contributed by atoms with E-state index in [4.69, 9.17) is 9.97 Å². The molecule has 0 spiro atoms. The Kier molecular flexibility index (Phi) is 6.13. The van der Waals surface area contributed by atoms with Crippen molar-refractivity contribution in [2.45, 2.75) is 57.4 Å². The molecule has 1 saturated heterocycles. The van der Waals surface area contributed by atoms with Crippen LogP contribution in [0.4, 0.5) is 17.5 Å². The summed E-state index contributed by atoms with van der Waals surface area (Å²) in [6.07, 6.45) is 14.1. The summed E-state index contributed by atoms with van der Waals surface area (Å²) in [6.45, 7) is 2.38. The largest absolute Gasteiger partial charge is 0.368 e. The Morgan fingerprint density at radius 2 is 1.91 bits per heavy atom. The average molecular weight is 435 g/mol. The summed E-state index contributed by atoms with van der Waals surface area (Å²) in [4.78, 5) is 32.1. The van der Waals surface area contributed by atoms with Crippen molar-refractivity contribution in [1.29, 1.82) is 0 Å². The molecule has 1 saturated carbocycles. The number of amides is 1. The molecule has 3 aromatic heterocycles. The summed E-state index contributed by atoms with van der Waals surface area (Å²) in [5.74, 6) is 1.54. The standard InChI is InChI=1S/C23H30N8O/c32-19-8-4-14-30(19)15-5-11-25-21-20-22(31(16-26-20)18-6-2-1-3-7-18)29-23(28-21)27-17-9-12-24-13-10-17/h9-10,12-13,16,18H,1-8,11,14-15H2,(H2,24,25,27,28,29). The molecule has 1 aliphatic heterocycles. The zero-order chi connectivity index (χ0) is 21.8. The second-order valence-electron chi connectivity index (χ2n) is 8.64. The zero-order valence-electron chi connectivity index (χ0n) is 18.3. The van der Waals surface area contributed by atoms with Crippen LogP contribution < -0.4 is 10.6 Å². The Bertz CT molecular complexity index is 1060. The number of nitrogens with one attached hydrogen (secondary N) is 2. The van der Waals surface area contributed by atoms with Crippen LogP contribution in [-0.4, -0.2) is 54.9 Å². The van der Waals surface area contributed by atoms with E-state index in [1.807, 2.05) is 23.4 Å². The zero-order valence-corrected chi connectivity index (χ0v) is 18.3. The minimum Gasteiger partial charge on any atom is -0.368 e. The van der Waals surface area contributed by atoms with Gasteiger partial charge in [0.1, 0.15) is 0 Å². The minimum atomic E-state index is 0.268. The van der Waals surface area contributed by atoms with Crippen LogP contribution in [0.2, 0.25) is 0 Å². The van der Waals surface area contributed by atoms with Gasteiger partial charge >= 0.3 is 0 Å². The van der Waals surface area contributed by atoms with E-state index in [1.165, 1.54) is 19.3 Å². The first-order valence-corrected chi connectivity index (χ1v) is 11.7. The van der Waals surface area contributed by atoms with Crippen molar-refractivity contribution in [3.63, 3.8) is 0 Å². The van der Waals surface area contributed by atoms with Gasteiger partial charge < -0.3 is 20.1 Å². The van der Waals surface area contributed by atoms with Crippen molar-refractivity contribution in [3.05, 3.63) is 30.9 Å². The van der Waals surface area contributed by atoms with Crippen molar-refractivity contribution in [2.75, 3.05) is 30.3 Å². The maximum Gasteiger partial charge on any atom is 0.231 e. The predicted molar refractivity (Wildman–Crippen MR) is 124 cm³/mol. The number of carbonyl (C=O) groups excluding carboxylic acids is 1. The number of nitrogens with zero attached hydrogens (tertiary/aromatic N) is 6. The first kappa shape index (κ1) is 20.7. The van der Waals surface area contributed by atoms with Crippen molar-refractivity contribution >= 4 is 34.5 Å². The summed E-state index contributed by atoms with van der Waals surface area (Å²) in [6, 6.07) is 4.23. The summed E-state index contributed by atoms with van der Waals surface area (Å²) in [5, 5.41) is 6.75. The Balaban J connectivity index is 1.38. The van der Waals surface area contributed by atoms with Gasteiger partial charge in [0.15, 0.2) is 17.0 Å². The minimum absolute atomic E-state index is 0.268. The van der Waals surface area contributed by atoms with Gasteiger partial charge in [0.05, 0.1) is 6.33 Å². The molecule has 2 fully saturated rings. The van der Waals surface area contributed by atoms with Gasteiger partial charge in [-0.05, 0) is 37.8 Å². The Labute approximate surface area is 187 Å². The molecule has 4 heterocycles. The molecule has 3 aromatic rings. The smallest absolute Gasteiger partial charge is 0.231 e. The second-order valence-corrected chi connectivity index (χ2v) is 8.64. The third-order valence-corrected chi connectivity index (χ3v) is 6.39. The van der Waals surface area contributed by atoms with E-state index in [2.05, 4.69) is 25.2 Å². The van der Waals surface area contributed by atoms with Crippen LogP contribution in [-0.2, 0) is 4.79 Å². The molecule has 168 valence electrons. The quantitative estimate of drug-likeness (QED) is 0.519. The van der Waals surface area contributed by atoms with Crippen molar-refractivity contribution in [1.82, 2.24) is 29.4 Å². The predicted octanol–water partition coefficient (Wildman–Crippen LogP) is 3.89. The van der Waals surface area contributed by atoms with Crippen LogP contribution in [0.3, 0.4) is 0 Å². The van der Waals surface area contributed by atoms with Crippen LogP contribution in [0.15, 0.2) is 30.9 Å². The lowest BCUT2D eigenvalue weighted by molar-refractivity contribution is -0.127. The summed E-state index contributed by atoms with van der Waals surface area (Å²) >= 11 is 0. The van der Waals surface area contributed by atoms with Crippen LogP contribution in [0.5, 0.6) is 0 Å². The number of hydrogen-bond acceptors (Lipinski definition) is 7. The molecule has 5 rings (SSSR count). The lowest BCUT2D eigenvalue weighted by atomic mass is 9.95. The fourth-order valence-electron chi connectivity index (χ4n) is 4.70. The van der Waals surface area contributed by atoms with E-state index in [0.717, 1.165) is 68.0 Å². The Hall–Kier alpha value is -3.23. The van der Waals surface area contributed by atoms with E-state index in [0.29, 0.717) is 18.4 Å². The van der Waals surface area contributed by atoms with Gasteiger partial charge in [-0.15, -0.1) is 0 Å². The monoisotopic (exact) mass is 434 g/mol. The number of pyridine rings is 1. The molecule has 2 aliphatic rings. The molecule has 1 aliphatic carbocycles. The van der Waals surface area contributed by atoms with Gasteiger partial charge in [0.25, 0.3) is 0 Å². The molecule has 2 N–H and O–H groups in total. The molecule has 0 unspecified atom stereocenters. The highest BCUT2D eigenvalue weighted by atomic mass is 16.2. The van der Waals surface area contributed by atoms with Gasteiger partial charge in [0, 0.05) is 50.2 Å². The molecular formula is C23H30N8O. The lowest BCUT2D eigenvalue weighted by Gasteiger charge is -2.23. The van der Waals surface area contributed by atoms with Gasteiger partial charge in [0.2, 0.25) is 11.9 Å². The van der Waals surface area contributed by atoms with Crippen LogP contribution >= 0.6 is 0 Å². The number of fused-ring (bicyclic) bond motifs is 1. The molecule has 0 radical (unpaired) electrons. The molecule has 1 amide bonds. The van der Waals surface area contributed by atoms with Gasteiger partial charge in [-0.25, -0.2) is 4.98 Å². The number of carbonyl (C=O) groups is 1. The van der Waals surface area contributed by atoms with E-state index < -0.39 is 0 Å². The van der Waals surface area contributed by atoms with Crippen molar-refractivity contribution in [3.8, 4) is 0 Å². The second kappa shape index (κ2) is 9.50. The average Bonchev–Trinajstić information content (AvgIpc) is 3.44. The first-order chi connectivity index (χ1) is 15.8. The fourth-order valence-corrected chi connectivity index (χ4v) is 4.70. The van der Waals surface area contributed by atoms with Crippen LogP contribution in [0, 0.1) is 0 Å². The van der Waals surface area contributed by atoms with Gasteiger partial charge in [-0.1, -0.05) is 19.3 Å². The number of rotatable bonds is 8. The molecule has 0 aromatic carbocycles. The highest BCUT2D eigenvalue weighted by molar-refractivity contribution is 5.85. The third-order valence-electron chi connectivity index (χ3n) is 6.39. The van der Waals surface area contributed by atoms with E-state index in [1.54, 1.807) is 12.4 Å². The summed E-state index contributed by atoms with van der Waals surface area (Å²) in [5.41, 5.74) is 2.55. The SMILES string of the molecule is O=C1CCCN1CCCNc1nc(Nc2ccncc2)nc2c1ncn2C1CCCCC1. The van der Waals surface area contributed by atoms with Crippen molar-refractivity contribution < 1.29 is 4.79 Å². The Morgan fingerprint density at radius 1 is 1.06 bits per heavy atom. The number of anilines is 3. The topological polar surface area (TPSA) is 101 Å². The van der Waals surface area contributed by atoms with Gasteiger partial charge in [-0.2, -0.15) is 9.97 Å². The van der Waals surface area contributed by atoms with E-state index >= 15 is 0 Å². The van der Waals surface area contributed by atoms with E-state index in [-0.39, 0.29) is 5.91 Å². The maximum atomic E-state index is 11.8. The number of imidazole rings is 1.